The number of hydrogen-bond acceptors (Lipinski definition) is 4. The van der Waals surface area contributed by atoms with Crippen LogP contribution < -0.4 is 5.32 Å². The van der Waals surface area contributed by atoms with Crippen LogP contribution >= 0.6 is 11.3 Å². The molecular formula is C23H25N5S. The van der Waals surface area contributed by atoms with E-state index >= 15 is 0 Å². The van der Waals surface area contributed by atoms with Crippen molar-refractivity contribution >= 4 is 11.3 Å². The van der Waals surface area contributed by atoms with E-state index in [9.17, 15) is 0 Å². The molecule has 1 unspecified atom stereocenters. The molecule has 0 saturated heterocycles. The highest BCUT2D eigenvalue weighted by Gasteiger charge is 2.35. The van der Waals surface area contributed by atoms with Gasteiger partial charge in [-0.3, -0.25) is 4.57 Å². The molecule has 0 fully saturated rings. The van der Waals surface area contributed by atoms with Crippen molar-refractivity contribution in [2.24, 2.45) is 5.41 Å². The van der Waals surface area contributed by atoms with Gasteiger partial charge in [-0.25, -0.2) is 9.67 Å². The summed E-state index contributed by atoms with van der Waals surface area (Å²) in [5.41, 5.74) is 5.21. The normalized spacial score (nSPS) is 17.9. The maximum Gasteiger partial charge on any atom is 0.193 e. The van der Waals surface area contributed by atoms with E-state index < -0.39 is 0 Å². The molecule has 1 aromatic carbocycles. The van der Waals surface area contributed by atoms with E-state index in [-0.39, 0.29) is 11.5 Å². The third kappa shape index (κ3) is 3.54. The van der Waals surface area contributed by atoms with Crippen LogP contribution in [0.3, 0.4) is 0 Å². The second kappa shape index (κ2) is 7.28. The molecule has 0 radical (unpaired) electrons. The number of fused-ring (bicyclic) bond motifs is 1. The Morgan fingerprint density at radius 3 is 2.83 bits per heavy atom. The largest absolute Gasteiger partial charge is 0.304 e. The monoisotopic (exact) mass is 403 g/mol. The van der Waals surface area contributed by atoms with Gasteiger partial charge in [0.05, 0.1) is 11.9 Å². The minimum Gasteiger partial charge on any atom is -0.304 e. The van der Waals surface area contributed by atoms with Crippen LogP contribution in [-0.4, -0.2) is 19.3 Å². The third-order valence-electron chi connectivity index (χ3n) is 5.67. The lowest BCUT2D eigenvalue weighted by molar-refractivity contribution is 0.252. The quantitative estimate of drug-likeness (QED) is 0.514. The Morgan fingerprint density at radius 1 is 1.17 bits per heavy atom. The van der Waals surface area contributed by atoms with Crippen LogP contribution in [0.25, 0.3) is 10.8 Å². The van der Waals surface area contributed by atoms with Crippen LogP contribution in [0.1, 0.15) is 43.3 Å². The molecule has 29 heavy (non-hydrogen) atoms. The summed E-state index contributed by atoms with van der Waals surface area (Å²) in [6.07, 6.45) is 8.11. The number of nitrogens with zero attached hydrogens (tertiary/aromatic N) is 4. The van der Waals surface area contributed by atoms with Crippen molar-refractivity contribution in [3.63, 3.8) is 0 Å². The first kappa shape index (κ1) is 18.3. The van der Waals surface area contributed by atoms with Gasteiger partial charge in [0.1, 0.15) is 0 Å². The Kier molecular flexibility index (Phi) is 4.60. The zero-order valence-corrected chi connectivity index (χ0v) is 17.6. The summed E-state index contributed by atoms with van der Waals surface area (Å²) in [4.78, 5) is 4.45. The maximum absolute atomic E-state index is 4.75. The molecule has 6 heteroatoms. The van der Waals surface area contributed by atoms with Gasteiger partial charge in [0.2, 0.25) is 0 Å². The first-order valence-electron chi connectivity index (χ1n) is 10.0. The van der Waals surface area contributed by atoms with Crippen LogP contribution in [0.2, 0.25) is 0 Å². The van der Waals surface area contributed by atoms with Crippen molar-refractivity contribution in [2.75, 3.05) is 0 Å². The van der Waals surface area contributed by atoms with E-state index in [0.29, 0.717) is 0 Å². The zero-order chi connectivity index (χ0) is 19.8. The van der Waals surface area contributed by atoms with Gasteiger partial charge in [0, 0.05) is 47.3 Å². The number of aromatic nitrogens is 4. The average Bonchev–Trinajstić information content (AvgIpc) is 3.45. The summed E-state index contributed by atoms with van der Waals surface area (Å²) in [6.45, 7) is 5.50. The Bertz CT molecular complexity index is 1090. The van der Waals surface area contributed by atoms with Crippen LogP contribution in [0.15, 0.2) is 66.4 Å². The molecule has 0 spiro atoms. The smallest absolute Gasteiger partial charge is 0.193 e. The Morgan fingerprint density at radius 2 is 2.03 bits per heavy atom. The number of thiazole rings is 1. The summed E-state index contributed by atoms with van der Waals surface area (Å²) in [6, 6.07) is 15.0. The number of benzene rings is 1. The van der Waals surface area contributed by atoms with Gasteiger partial charge in [-0.15, -0.1) is 11.3 Å². The highest BCUT2D eigenvalue weighted by atomic mass is 32.1. The highest BCUT2D eigenvalue weighted by molar-refractivity contribution is 7.12. The summed E-state index contributed by atoms with van der Waals surface area (Å²) in [5.74, 6) is 0. The van der Waals surface area contributed by atoms with E-state index in [1.165, 1.54) is 17.0 Å². The predicted octanol–water partition coefficient (Wildman–Crippen LogP) is 4.92. The molecule has 0 saturated carbocycles. The van der Waals surface area contributed by atoms with Gasteiger partial charge in [0.25, 0.3) is 0 Å². The van der Waals surface area contributed by atoms with Crippen molar-refractivity contribution in [1.29, 1.82) is 0 Å². The average molecular weight is 404 g/mol. The molecule has 5 nitrogen and oxygen atoms in total. The summed E-state index contributed by atoms with van der Waals surface area (Å²) in [5, 5.41) is 11.6. The second-order valence-corrected chi connectivity index (χ2v) is 9.33. The summed E-state index contributed by atoms with van der Waals surface area (Å²) < 4.78 is 4.28. The van der Waals surface area contributed by atoms with Gasteiger partial charge in [-0.1, -0.05) is 32.0 Å². The molecule has 0 amide bonds. The SMILES string of the molecule is CC1(C)Cc2c(cnn2-c2ccccc2)C(NCc2cccn2-c2nccs2)C1. The Balaban J connectivity index is 1.43. The Labute approximate surface area is 175 Å². The molecule has 1 N–H and O–H groups in total. The van der Waals surface area contributed by atoms with Crippen molar-refractivity contribution in [3.8, 4) is 10.8 Å². The minimum atomic E-state index is 0.217. The molecule has 5 rings (SSSR count). The fourth-order valence-corrected chi connectivity index (χ4v) is 4.98. The fraction of sp³-hybridized carbons (Fsp3) is 0.304. The molecule has 148 valence electrons. The van der Waals surface area contributed by atoms with Crippen LogP contribution in [0.4, 0.5) is 0 Å². The lowest BCUT2D eigenvalue weighted by Crippen LogP contribution is -2.33. The highest BCUT2D eigenvalue weighted by Crippen LogP contribution is 2.41. The lowest BCUT2D eigenvalue weighted by Gasteiger charge is -2.36. The van der Waals surface area contributed by atoms with E-state index in [0.717, 1.165) is 30.2 Å². The minimum absolute atomic E-state index is 0.217. The fourth-order valence-electron chi connectivity index (χ4n) is 4.33. The van der Waals surface area contributed by atoms with E-state index in [1.54, 1.807) is 11.3 Å². The number of nitrogens with one attached hydrogen (secondary N) is 1. The molecule has 3 heterocycles. The molecule has 3 aromatic heterocycles. The molecule has 1 atom stereocenters. The van der Waals surface area contributed by atoms with Crippen LogP contribution in [-0.2, 0) is 13.0 Å². The molecule has 1 aliphatic carbocycles. The van der Waals surface area contributed by atoms with Gasteiger partial charge in [-0.2, -0.15) is 5.10 Å². The third-order valence-corrected chi connectivity index (χ3v) is 6.44. The molecular weight excluding hydrogens is 378 g/mol. The Hall–Kier alpha value is -2.70. The van der Waals surface area contributed by atoms with Gasteiger partial charge in [-0.05, 0) is 42.5 Å². The lowest BCUT2D eigenvalue weighted by atomic mass is 9.74. The van der Waals surface area contributed by atoms with Crippen molar-refractivity contribution in [2.45, 2.75) is 39.3 Å². The number of para-hydroxylation sites is 1. The molecule has 0 bridgehead atoms. The van der Waals surface area contributed by atoms with Crippen molar-refractivity contribution < 1.29 is 0 Å². The second-order valence-electron chi connectivity index (χ2n) is 8.46. The maximum atomic E-state index is 4.75. The van der Waals surface area contributed by atoms with E-state index in [2.05, 4.69) is 82.2 Å². The van der Waals surface area contributed by atoms with Crippen molar-refractivity contribution in [1.82, 2.24) is 24.6 Å². The molecule has 0 aliphatic heterocycles. The van der Waals surface area contributed by atoms with E-state index in [1.807, 2.05) is 17.6 Å². The van der Waals surface area contributed by atoms with Gasteiger partial charge in [0.15, 0.2) is 5.13 Å². The first-order chi connectivity index (χ1) is 14.1. The van der Waals surface area contributed by atoms with Crippen LogP contribution in [0, 0.1) is 5.41 Å². The van der Waals surface area contributed by atoms with Crippen molar-refractivity contribution in [3.05, 3.63) is 83.4 Å². The molecule has 4 aromatic rings. The number of rotatable bonds is 5. The summed E-state index contributed by atoms with van der Waals surface area (Å²) >= 11 is 1.66. The summed E-state index contributed by atoms with van der Waals surface area (Å²) in [7, 11) is 0. The predicted molar refractivity (Wildman–Crippen MR) is 117 cm³/mol. The standard InChI is InChI=1S/C23H25N5S/c1-23(2)13-20(25-15-18-9-6-11-27(18)22-24-10-12-29-22)19-16-26-28(21(19)14-23)17-7-4-3-5-8-17/h3-12,16,20,25H,13-15H2,1-2H3. The topological polar surface area (TPSA) is 47.7 Å². The van der Waals surface area contributed by atoms with E-state index in [4.69, 9.17) is 5.10 Å². The first-order valence-corrected chi connectivity index (χ1v) is 10.9. The number of hydrogen-bond donors (Lipinski definition) is 1. The zero-order valence-electron chi connectivity index (χ0n) is 16.7. The van der Waals surface area contributed by atoms with Crippen LogP contribution in [0.5, 0.6) is 0 Å². The molecule has 1 aliphatic rings. The van der Waals surface area contributed by atoms with Gasteiger partial charge < -0.3 is 5.32 Å². The van der Waals surface area contributed by atoms with Gasteiger partial charge >= 0.3 is 0 Å².